The number of nitrogens with two attached hydrogens (primary N) is 1. The summed E-state index contributed by atoms with van der Waals surface area (Å²) in [5, 5.41) is 0. The number of para-hydroxylation sites is 1. The first kappa shape index (κ1) is 11.1. The van der Waals surface area contributed by atoms with Gasteiger partial charge in [0.05, 0.1) is 0 Å². The first-order valence-corrected chi connectivity index (χ1v) is 6.79. The second-order valence-electron chi connectivity index (χ2n) is 5.85. The molecule has 1 aliphatic heterocycles. The number of rotatable bonds is 3. The Morgan fingerprint density at radius 2 is 2.12 bits per heavy atom. The number of aryl methyl sites for hydroxylation is 1. The maximum Gasteiger partial charge on any atom is 0.0401 e. The minimum atomic E-state index is 0.429. The van der Waals surface area contributed by atoms with E-state index in [1.165, 1.54) is 36.9 Å². The molecule has 1 atom stereocenters. The van der Waals surface area contributed by atoms with Gasteiger partial charge in [-0.15, -0.1) is 0 Å². The molecule has 2 heteroatoms. The lowest BCUT2D eigenvalue weighted by Gasteiger charge is -2.39. The van der Waals surface area contributed by atoms with Crippen molar-refractivity contribution in [2.24, 2.45) is 11.1 Å². The van der Waals surface area contributed by atoms with Crippen molar-refractivity contribution in [1.82, 2.24) is 0 Å². The zero-order valence-corrected chi connectivity index (χ0v) is 10.7. The Bertz CT molecular complexity index is 409. The van der Waals surface area contributed by atoms with Crippen molar-refractivity contribution in [2.75, 3.05) is 18.0 Å². The van der Waals surface area contributed by atoms with Gasteiger partial charge in [-0.1, -0.05) is 18.2 Å². The Hall–Kier alpha value is -1.02. The number of hydrogen-bond acceptors (Lipinski definition) is 2. The molecule has 0 aromatic heterocycles. The number of fused-ring (bicyclic) bond motifs is 1. The van der Waals surface area contributed by atoms with E-state index in [1.54, 1.807) is 0 Å². The van der Waals surface area contributed by atoms with E-state index < -0.39 is 0 Å². The number of benzene rings is 1. The van der Waals surface area contributed by atoms with Gasteiger partial charge in [0.15, 0.2) is 0 Å². The minimum Gasteiger partial charge on any atom is -0.368 e. The largest absolute Gasteiger partial charge is 0.368 e. The van der Waals surface area contributed by atoms with Gasteiger partial charge < -0.3 is 10.6 Å². The highest BCUT2D eigenvalue weighted by Gasteiger charge is 2.43. The summed E-state index contributed by atoms with van der Waals surface area (Å²) < 4.78 is 0. The molecule has 1 saturated carbocycles. The van der Waals surface area contributed by atoms with Gasteiger partial charge >= 0.3 is 0 Å². The van der Waals surface area contributed by atoms with Crippen LogP contribution in [0.5, 0.6) is 0 Å². The first-order valence-electron chi connectivity index (χ1n) is 6.79. The highest BCUT2D eigenvalue weighted by Crippen LogP contribution is 2.47. The fourth-order valence-electron chi connectivity index (χ4n) is 2.97. The zero-order chi connectivity index (χ0) is 11.9. The van der Waals surface area contributed by atoms with Crippen molar-refractivity contribution in [3.63, 3.8) is 0 Å². The van der Waals surface area contributed by atoms with Crippen LogP contribution in [0, 0.1) is 5.41 Å². The summed E-state index contributed by atoms with van der Waals surface area (Å²) in [6.07, 6.45) is 5.13. The summed E-state index contributed by atoms with van der Waals surface area (Å²) in [6, 6.07) is 9.52. The number of hydrogen-bond donors (Lipinski definition) is 1. The van der Waals surface area contributed by atoms with E-state index in [9.17, 15) is 0 Å². The molecule has 0 radical (unpaired) electrons. The third-order valence-electron chi connectivity index (χ3n) is 4.56. The lowest BCUT2D eigenvalue weighted by molar-refractivity contribution is 0.457. The highest BCUT2D eigenvalue weighted by molar-refractivity contribution is 5.56. The summed E-state index contributed by atoms with van der Waals surface area (Å²) >= 11 is 0. The fourth-order valence-corrected chi connectivity index (χ4v) is 2.97. The van der Waals surface area contributed by atoms with E-state index in [0.29, 0.717) is 11.5 Å². The van der Waals surface area contributed by atoms with E-state index in [2.05, 4.69) is 36.1 Å². The Balaban J connectivity index is 1.87. The molecule has 2 aliphatic rings. The molecule has 1 aromatic rings. The molecule has 1 heterocycles. The molecule has 92 valence electrons. The molecule has 1 fully saturated rings. The quantitative estimate of drug-likeness (QED) is 0.864. The molecule has 0 saturated heterocycles. The van der Waals surface area contributed by atoms with Gasteiger partial charge in [-0.3, -0.25) is 0 Å². The van der Waals surface area contributed by atoms with Crippen LogP contribution in [0.1, 0.15) is 31.7 Å². The molecule has 1 aliphatic carbocycles. The van der Waals surface area contributed by atoms with E-state index in [0.717, 1.165) is 13.1 Å². The second kappa shape index (κ2) is 4.02. The van der Waals surface area contributed by atoms with Crippen LogP contribution in [0.25, 0.3) is 0 Å². The van der Waals surface area contributed by atoms with E-state index in [-0.39, 0.29) is 0 Å². The maximum atomic E-state index is 5.92. The van der Waals surface area contributed by atoms with E-state index >= 15 is 0 Å². The third kappa shape index (κ3) is 1.95. The van der Waals surface area contributed by atoms with Gasteiger partial charge in [0, 0.05) is 23.7 Å². The molecular formula is C15H22N2. The second-order valence-corrected chi connectivity index (χ2v) is 5.85. The van der Waals surface area contributed by atoms with Crippen LogP contribution in [0.2, 0.25) is 0 Å². The van der Waals surface area contributed by atoms with Gasteiger partial charge in [0.1, 0.15) is 0 Å². The van der Waals surface area contributed by atoms with Crippen molar-refractivity contribution < 1.29 is 0 Å². The standard InChI is InChI=1S/C15H22N2/c1-12-6-7-13-4-2-3-5-14(13)17(12)11-15(10-16)8-9-15/h2-5,12H,6-11,16H2,1H3. The average molecular weight is 230 g/mol. The zero-order valence-electron chi connectivity index (χ0n) is 10.7. The van der Waals surface area contributed by atoms with Crippen LogP contribution in [0.4, 0.5) is 5.69 Å². The molecule has 3 rings (SSSR count). The van der Waals surface area contributed by atoms with Crippen molar-refractivity contribution in [3.05, 3.63) is 29.8 Å². The van der Waals surface area contributed by atoms with Crippen LogP contribution < -0.4 is 10.6 Å². The van der Waals surface area contributed by atoms with Crippen molar-refractivity contribution in [2.45, 2.75) is 38.6 Å². The van der Waals surface area contributed by atoms with Gasteiger partial charge in [0.2, 0.25) is 0 Å². The Morgan fingerprint density at radius 1 is 1.35 bits per heavy atom. The van der Waals surface area contributed by atoms with Crippen molar-refractivity contribution in [3.8, 4) is 0 Å². The smallest absolute Gasteiger partial charge is 0.0401 e. The lowest BCUT2D eigenvalue weighted by Crippen LogP contribution is -2.42. The average Bonchev–Trinajstić information content (AvgIpc) is 3.14. The van der Waals surface area contributed by atoms with Gasteiger partial charge in [-0.05, 0) is 50.8 Å². The molecule has 17 heavy (non-hydrogen) atoms. The molecule has 0 bridgehead atoms. The Morgan fingerprint density at radius 3 is 2.82 bits per heavy atom. The monoisotopic (exact) mass is 230 g/mol. The molecule has 1 aromatic carbocycles. The maximum absolute atomic E-state index is 5.92. The molecule has 0 amide bonds. The van der Waals surface area contributed by atoms with Crippen molar-refractivity contribution >= 4 is 5.69 Å². The summed E-state index contributed by atoms with van der Waals surface area (Å²) in [7, 11) is 0. The predicted molar refractivity (Wildman–Crippen MR) is 72.3 cm³/mol. The molecule has 0 spiro atoms. The normalized spacial score (nSPS) is 25.5. The van der Waals surface area contributed by atoms with Crippen LogP contribution in [-0.4, -0.2) is 19.1 Å². The van der Waals surface area contributed by atoms with Gasteiger partial charge in [0.25, 0.3) is 0 Å². The summed E-state index contributed by atoms with van der Waals surface area (Å²) in [6.45, 7) is 4.35. The van der Waals surface area contributed by atoms with Crippen LogP contribution in [-0.2, 0) is 6.42 Å². The summed E-state index contributed by atoms with van der Waals surface area (Å²) in [4.78, 5) is 2.60. The number of nitrogens with zero attached hydrogens (tertiary/aromatic N) is 1. The van der Waals surface area contributed by atoms with Crippen molar-refractivity contribution in [1.29, 1.82) is 0 Å². The van der Waals surface area contributed by atoms with Crippen LogP contribution in [0.3, 0.4) is 0 Å². The molecule has 1 unspecified atom stereocenters. The first-order chi connectivity index (χ1) is 8.24. The predicted octanol–water partition coefficient (Wildman–Crippen LogP) is 2.57. The summed E-state index contributed by atoms with van der Waals surface area (Å²) in [5.41, 5.74) is 9.32. The van der Waals surface area contributed by atoms with Gasteiger partial charge in [-0.2, -0.15) is 0 Å². The number of anilines is 1. The molecule has 2 N–H and O–H groups in total. The molecule has 2 nitrogen and oxygen atoms in total. The van der Waals surface area contributed by atoms with E-state index in [4.69, 9.17) is 5.73 Å². The van der Waals surface area contributed by atoms with Crippen LogP contribution in [0.15, 0.2) is 24.3 Å². The topological polar surface area (TPSA) is 29.3 Å². The minimum absolute atomic E-state index is 0.429. The highest BCUT2D eigenvalue weighted by atomic mass is 15.2. The van der Waals surface area contributed by atoms with E-state index in [1.807, 2.05) is 0 Å². The lowest BCUT2D eigenvalue weighted by atomic mass is 9.94. The Kier molecular flexibility index (Phi) is 2.62. The summed E-state index contributed by atoms with van der Waals surface area (Å²) in [5.74, 6) is 0. The third-order valence-corrected chi connectivity index (χ3v) is 4.56. The van der Waals surface area contributed by atoms with Crippen LogP contribution >= 0.6 is 0 Å². The van der Waals surface area contributed by atoms with Gasteiger partial charge in [-0.25, -0.2) is 0 Å². The fraction of sp³-hybridized carbons (Fsp3) is 0.600. The Labute approximate surface area is 104 Å². The molecular weight excluding hydrogens is 208 g/mol. The SMILES string of the molecule is CC1CCc2ccccc2N1CC1(CN)CC1.